The molecule has 1 aliphatic carbocycles. The fraction of sp³-hybridized carbons (Fsp3) is 0.656. The van der Waals surface area contributed by atoms with E-state index in [0.29, 0.717) is 24.6 Å². The summed E-state index contributed by atoms with van der Waals surface area (Å²) in [6.45, 7) is 4.19. The third-order valence-corrected chi connectivity index (χ3v) is 8.81. The minimum Gasteiger partial charge on any atom is -0.483 e. The lowest BCUT2D eigenvalue weighted by Crippen LogP contribution is -2.34. The summed E-state index contributed by atoms with van der Waals surface area (Å²) < 4.78 is 32.0. The van der Waals surface area contributed by atoms with E-state index in [9.17, 15) is 14.0 Å². The minimum absolute atomic E-state index is 0.0102. The summed E-state index contributed by atoms with van der Waals surface area (Å²) in [5.74, 6) is 0.723. The largest absolute Gasteiger partial charge is 0.483 e. The van der Waals surface area contributed by atoms with Crippen LogP contribution in [0.3, 0.4) is 0 Å². The molecule has 2 N–H and O–H groups in total. The van der Waals surface area contributed by atoms with Gasteiger partial charge in [-0.3, -0.25) is 9.59 Å². The van der Waals surface area contributed by atoms with Crippen molar-refractivity contribution < 1.29 is 27.9 Å². The van der Waals surface area contributed by atoms with Crippen LogP contribution in [-0.2, 0) is 16.0 Å². The summed E-state index contributed by atoms with van der Waals surface area (Å²) in [5, 5.41) is 5.78. The average molecular weight is 570 g/mol. The smallest absolute Gasteiger partial charge is 0.273 e. The maximum Gasteiger partial charge on any atom is 0.273 e. The van der Waals surface area contributed by atoms with E-state index in [1.807, 2.05) is 13.8 Å². The van der Waals surface area contributed by atoms with E-state index < -0.39 is 5.82 Å². The molecule has 2 bridgehead atoms. The number of fused-ring (bicyclic) bond motifs is 2. The Balaban J connectivity index is 1.18. The van der Waals surface area contributed by atoms with Gasteiger partial charge in [0, 0.05) is 24.6 Å². The van der Waals surface area contributed by atoms with E-state index in [-0.39, 0.29) is 54.2 Å². The third kappa shape index (κ3) is 7.67. The zero-order chi connectivity index (χ0) is 28.8. The van der Waals surface area contributed by atoms with Gasteiger partial charge in [-0.15, -0.1) is 0 Å². The van der Waals surface area contributed by atoms with E-state index in [4.69, 9.17) is 13.9 Å². The molecule has 1 aromatic heterocycles. The van der Waals surface area contributed by atoms with Gasteiger partial charge in [0.05, 0.1) is 18.1 Å². The first-order chi connectivity index (χ1) is 19.9. The van der Waals surface area contributed by atoms with Crippen LogP contribution in [0.2, 0.25) is 0 Å². The molecule has 2 aromatic rings. The Labute approximate surface area is 242 Å². The predicted octanol–water partition coefficient (Wildman–Crippen LogP) is 5.70. The molecule has 224 valence electrons. The Morgan fingerprint density at radius 3 is 2.71 bits per heavy atom. The van der Waals surface area contributed by atoms with Gasteiger partial charge in [-0.1, -0.05) is 51.0 Å². The molecule has 41 heavy (non-hydrogen) atoms. The van der Waals surface area contributed by atoms with Gasteiger partial charge in [-0.2, -0.15) is 0 Å². The number of nitrogens with zero attached hydrogens (tertiary/aromatic N) is 1. The number of nitrogens with one attached hydrogen (secondary N) is 2. The Kier molecular flexibility index (Phi) is 9.96. The van der Waals surface area contributed by atoms with Gasteiger partial charge in [0.2, 0.25) is 5.89 Å². The van der Waals surface area contributed by atoms with Gasteiger partial charge >= 0.3 is 0 Å². The zero-order valence-corrected chi connectivity index (χ0v) is 24.3. The molecule has 3 aliphatic rings. The number of ether oxygens (including phenoxy) is 2. The van der Waals surface area contributed by atoms with Crippen molar-refractivity contribution in [1.29, 1.82) is 0 Å². The highest BCUT2D eigenvalue weighted by molar-refractivity contribution is 5.91. The van der Waals surface area contributed by atoms with Crippen LogP contribution in [0.1, 0.15) is 106 Å². The number of hydrogen-bond donors (Lipinski definition) is 2. The number of aromatic nitrogens is 1. The van der Waals surface area contributed by atoms with Crippen LogP contribution < -0.4 is 15.4 Å². The molecule has 2 saturated heterocycles. The summed E-state index contributed by atoms with van der Waals surface area (Å²) in [6, 6.07) is 4.42. The number of unbranched alkanes of at least 4 members (excludes halogenated alkanes) is 1. The summed E-state index contributed by atoms with van der Waals surface area (Å²) >= 11 is 0. The van der Waals surface area contributed by atoms with Gasteiger partial charge in [-0.05, 0) is 57.1 Å². The van der Waals surface area contributed by atoms with Gasteiger partial charge in [0.1, 0.15) is 17.8 Å². The molecule has 3 fully saturated rings. The van der Waals surface area contributed by atoms with Crippen LogP contribution in [0.5, 0.6) is 5.75 Å². The van der Waals surface area contributed by atoms with Crippen LogP contribution in [0, 0.1) is 17.7 Å². The highest BCUT2D eigenvalue weighted by atomic mass is 19.1. The lowest BCUT2D eigenvalue weighted by Gasteiger charge is -2.26. The molecule has 3 heterocycles. The Bertz CT molecular complexity index is 1180. The van der Waals surface area contributed by atoms with Crippen molar-refractivity contribution in [3.8, 4) is 5.75 Å². The van der Waals surface area contributed by atoms with Crippen LogP contribution in [0.25, 0.3) is 0 Å². The Hall–Kier alpha value is -2.94. The minimum atomic E-state index is -0.425. The third-order valence-electron chi connectivity index (χ3n) is 8.81. The first-order valence-electron chi connectivity index (χ1n) is 15.5. The molecule has 0 spiro atoms. The quantitative estimate of drug-likeness (QED) is 0.300. The lowest BCUT2D eigenvalue weighted by molar-refractivity contribution is -0.123. The fourth-order valence-electron chi connectivity index (χ4n) is 6.84. The molecule has 2 amide bonds. The van der Waals surface area contributed by atoms with Gasteiger partial charge in [0.25, 0.3) is 11.8 Å². The normalized spacial score (nSPS) is 24.1. The Morgan fingerprint density at radius 1 is 1.10 bits per heavy atom. The van der Waals surface area contributed by atoms with E-state index in [1.165, 1.54) is 56.9 Å². The van der Waals surface area contributed by atoms with Crippen molar-refractivity contribution in [3.63, 3.8) is 0 Å². The van der Waals surface area contributed by atoms with E-state index in [2.05, 4.69) is 15.6 Å². The number of carbonyl (C=O) groups is 2. The standard InChI is InChI=1S/C32H44FN3O5/c1-20(2)35-29(37)19-39-28-17-23(33)12-11-22(28)16-24-26-13-14-27(41-26)30(24)32-36-25(18-40-32)31(38)34-15-7-6-10-21-8-4-3-5-9-21/h11-12,17-18,20-21,24,26-27,30H,3-10,13-16,19H2,1-2H3,(H,34,38)(H,35,37)/t24-,26+,27-,30-/m0/s1. The summed E-state index contributed by atoms with van der Waals surface area (Å²) in [6.07, 6.45) is 14.0. The van der Waals surface area contributed by atoms with Crippen LogP contribution >= 0.6 is 0 Å². The van der Waals surface area contributed by atoms with Crippen LogP contribution in [0.15, 0.2) is 28.9 Å². The van der Waals surface area contributed by atoms with Crippen molar-refractivity contribution in [2.75, 3.05) is 13.2 Å². The molecular weight excluding hydrogens is 525 g/mol. The van der Waals surface area contributed by atoms with E-state index >= 15 is 0 Å². The van der Waals surface area contributed by atoms with E-state index in [0.717, 1.165) is 37.2 Å². The second kappa shape index (κ2) is 13.8. The zero-order valence-electron chi connectivity index (χ0n) is 24.3. The molecule has 1 aromatic carbocycles. The number of rotatable bonds is 13. The second-order valence-electron chi connectivity index (χ2n) is 12.3. The number of amides is 2. The molecular formula is C32H44FN3O5. The maximum absolute atomic E-state index is 14.1. The van der Waals surface area contributed by atoms with Crippen molar-refractivity contribution in [3.05, 3.63) is 47.4 Å². The number of halogens is 1. The van der Waals surface area contributed by atoms with Gasteiger partial charge < -0.3 is 24.5 Å². The number of carbonyl (C=O) groups excluding carboxylic acids is 2. The number of hydrogen-bond acceptors (Lipinski definition) is 6. The molecule has 9 heteroatoms. The topological polar surface area (TPSA) is 103 Å². The second-order valence-corrected chi connectivity index (χ2v) is 12.3. The summed E-state index contributed by atoms with van der Waals surface area (Å²) in [5.41, 5.74) is 1.09. The van der Waals surface area contributed by atoms with Crippen molar-refractivity contribution in [1.82, 2.24) is 15.6 Å². The first kappa shape index (κ1) is 29.5. The monoisotopic (exact) mass is 569 g/mol. The highest BCUT2D eigenvalue weighted by Crippen LogP contribution is 2.50. The molecule has 2 aliphatic heterocycles. The first-order valence-corrected chi connectivity index (χ1v) is 15.5. The maximum atomic E-state index is 14.1. The molecule has 8 nitrogen and oxygen atoms in total. The molecule has 5 rings (SSSR count). The molecule has 4 atom stereocenters. The average Bonchev–Trinajstić information content (AvgIpc) is 3.70. The molecule has 0 radical (unpaired) electrons. The molecule has 0 unspecified atom stereocenters. The van der Waals surface area contributed by atoms with Gasteiger partial charge in [0.15, 0.2) is 12.3 Å². The van der Waals surface area contributed by atoms with Crippen molar-refractivity contribution in [2.45, 2.75) is 109 Å². The van der Waals surface area contributed by atoms with Crippen LogP contribution in [-0.4, -0.2) is 48.2 Å². The Morgan fingerprint density at radius 2 is 1.90 bits per heavy atom. The fourth-order valence-corrected chi connectivity index (χ4v) is 6.84. The number of oxazole rings is 1. The van der Waals surface area contributed by atoms with Crippen molar-refractivity contribution in [2.24, 2.45) is 11.8 Å². The van der Waals surface area contributed by atoms with Gasteiger partial charge in [-0.25, -0.2) is 9.37 Å². The van der Waals surface area contributed by atoms with Crippen LogP contribution in [0.4, 0.5) is 4.39 Å². The van der Waals surface area contributed by atoms with E-state index in [1.54, 1.807) is 6.07 Å². The number of benzene rings is 1. The van der Waals surface area contributed by atoms with Crippen molar-refractivity contribution >= 4 is 11.8 Å². The molecule has 1 saturated carbocycles. The predicted molar refractivity (Wildman–Crippen MR) is 152 cm³/mol. The highest BCUT2D eigenvalue weighted by Gasteiger charge is 2.51. The summed E-state index contributed by atoms with van der Waals surface area (Å²) in [4.78, 5) is 29.5. The summed E-state index contributed by atoms with van der Waals surface area (Å²) in [7, 11) is 0. The SMILES string of the molecule is CC(C)NC(=O)COc1cc(F)ccc1C[C@@H]1[C@H](c2nc(C(=O)NCCCCC3CCCCC3)co2)[C@@H]2CC[C@H]1O2. The lowest BCUT2D eigenvalue weighted by atomic mass is 9.76.